The van der Waals surface area contributed by atoms with Crippen molar-refractivity contribution in [3.8, 4) is 17.5 Å². The summed E-state index contributed by atoms with van der Waals surface area (Å²) in [4.78, 5) is 17.2. The minimum Gasteiger partial charge on any atom is -0.327 e. The maximum absolute atomic E-state index is 12.6. The van der Waals surface area contributed by atoms with Crippen LogP contribution >= 0.6 is 0 Å². The summed E-state index contributed by atoms with van der Waals surface area (Å²) in [5.74, 6) is 0.613. The lowest BCUT2D eigenvalue weighted by molar-refractivity contribution is 0.581. The molecule has 0 saturated carbocycles. The van der Waals surface area contributed by atoms with Crippen LogP contribution in [-0.4, -0.2) is 19.3 Å². The molecule has 0 unspecified atom stereocenters. The highest BCUT2D eigenvalue weighted by Crippen LogP contribution is 2.21. The van der Waals surface area contributed by atoms with E-state index in [2.05, 4.69) is 10.1 Å². The molecular weight excluding hydrogens is 278 g/mol. The Bertz CT molecular complexity index is 945. The molecule has 3 rings (SSSR count). The van der Waals surface area contributed by atoms with Crippen molar-refractivity contribution < 1.29 is 0 Å². The summed E-state index contributed by atoms with van der Waals surface area (Å²) in [5, 5.41) is 12.9. The molecule has 3 aromatic rings. The normalized spacial score (nSPS) is 10.8. The summed E-state index contributed by atoms with van der Waals surface area (Å²) in [6.07, 6.45) is 0.248. The van der Waals surface area contributed by atoms with Crippen LogP contribution in [0.3, 0.4) is 0 Å². The molecule has 0 aliphatic carbocycles. The van der Waals surface area contributed by atoms with Gasteiger partial charge in [-0.2, -0.15) is 10.4 Å². The molecule has 0 aliphatic rings. The summed E-state index contributed by atoms with van der Waals surface area (Å²) < 4.78 is 3.24. The van der Waals surface area contributed by atoms with Crippen molar-refractivity contribution >= 4 is 11.0 Å². The molecule has 2 aromatic heterocycles. The Morgan fingerprint density at radius 2 is 2.09 bits per heavy atom. The number of para-hydroxylation sites is 2. The molecule has 0 amide bonds. The average Bonchev–Trinajstić information content (AvgIpc) is 2.85. The summed E-state index contributed by atoms with van der Waals surface area (Å²) in [5.41, 5.74) is 2.82. The van der Waals surface area contributed by atoms with Crippen LogP contribution in [0.1, 0.15) is 12.1 Å². The molecule has 22 heavy (non-hydrogen) atoms. The molecule has 0 aliphatic heterocycles. The van der Waals surface area contributed by atoms with Crippen LogP contribution in [0.25, 0.3) is 22.4 Å². The Balaban J connectivity index is 2.22. The zero-order valence-electron chi connectivity index (χ0n) is 12.4. The number of benzene rings is 1. The maximum Gasteiger partial charge on any atom is 0.277 e. The quantitative estimate of drug-likeness (QED) is 0.740. The Hall–Kier alpha value is -2.94. The van der Waals surface area contributed by atoms with Crippen molar-refractivity contribution in [2.45, 2.75) is 19.9 Å². The predicted octanol–water partition coefficient (Wildman–Crippen LogP) is 2.02. The number of nitriles is 1. The van der Waals surface area contributed by atoms with E-state index in [1.807, 2.05) is 48.9 Å². The van der Waals surface area contributed by atoms with E-state index < -0.39 is 0 Å². The Morgan fingerprint density at radius 1 is 1.32 bits per heavy atom. The lowest BCUT2D eigenvalue weighted by Crippen LogP contribution is -2.25. The molecule has 0 saturated heterocycles. The van der Waals surface area contributed by atoms with Crippen molar-refractivity contribution in [2.24, 2.45) is 7.05 Å². The number of hydrogen-bond acceptors (Lipinski definition) is 4. The maximum atomic E-state index is 12.6. The molecule has 110 valence electrons. The molecular formula is C16H15N5O. The first-order valence-electron chi connectivity index (χ1n) is 6.99. The van der Waals surface area contributed by atoms with E-state index in [1.165, 1.54) is 4.68 Å². The second-order valence-electron chi connectivity index (χ2n) is 5.12. The van der Waals surface area contributed by atoms with Crippen LogP contribution in [0.2, 0.25) is 0 Å². The predicted molar refractivity (Wildman–Crippen MR) is 83.2 cm³/mol. The number of aryl methyl sites for hydroxylation is 3. The van der Waals surface area contributed by atoms with Gasteiger partial charge in [-0.15, -0.1) is 0 Å². The highest BCUT2D eigenvalue weighted by molar-refractivity contribution is 5.80. The summed E-state index contributed by atoms with van der Waals surface area (Å²) in [6, 6.07) is 11.5. The van der Waals surface area contributed by atoms with Gasteiger partial charge < -0.3 is 4.57 Å². The molecule has 0 bridgehead atoms. The van der Waals surface area contributed by atoms with Crippen molar-refractivity contribution in [2.75, 3.05) is 0 Å². The molecule has 0 N–H and O–H groups in total. The number of imidazole rings is 1. The molecule has 2 heterocycles. The Kier molecular flexibility index (Phi) is 3.47. The van der Waals surface area contributed by atoms with Gasteiger partial charge in [0.2, 0.25) is 0 Å². The van der Waals surface area contributed by atoms with Crippen LogP contribution in [-0.2, 0) is 13.6 Å². The van der Waals surface area contributed by atoms with Gasteiger partial charge in [-0.1, -0.05) is 12.1 Å². The smallest absolute Gasteiger partial charge is 0.277 e. The van der Waals surface area contributed by atoms with Crippen LogP contribution in [0, 0.1) is 18.3 Å². The van der Waals surface area contributed by atoms with Crippen LogP contribution in [0.15, 0.2) is 35.1 Å². The van der Waals surface area contributed by atoms with Gasteiger partial charge in [0.15, 0.2) is 0 Å². The molecule has 6 nitrogen and oxygen atoms in total. The number of hydrogen-bond donors (Lipinski definition) is 0. The largest absolute Gasteiger partial charge is 0.327 e. The van der Waals surface area contributed by atoms with E-state index in [4.69, 9.17) is 5.26 Å². The lowest BCUT2D eigenvalue weighted by atomic mass is 10.2. The monoisotopic (exact) mass is 293 g/mol. The van der Waals surface area contributed by atoms with Crippen molar-refractivity contribution in [3.63, 3.8) is 0 Å². The highest BCUT2D eigenvalue weighted by Gasteiger charge is 2.15. The van der Waals surface area contributed by atoms with E-state index in [1.54, 1.807) is 6.07 Å². The minimum absolute atomic E-state index is 0.223. The SMILES string of the molecule is Cc1cc(-c2nc3ccccc3n2C)c(=O)n(CCC#N)n1. The van der Waals surface area contributed by atoms with Gasteiger partial charge in [-0.25, -0.2) is 9.67 Å². The fraction of sp³-hybridized carbons (Fsp3) is 0.250. The second-order valence-corrected chi connectivity index (χ2v) is 5.12. The van der Waals surface area contributed by atoms with Crippen molar-refractivity contribution in [1.82, 2.24) is 19.3 Å². The van der Waals surface area contributed by atoms with Gasteiger partial charge in [-0.3, -0.25) is 4.79 Å². The third kappa shape index (κ3) is 2.27. The second kappa shape index (κ2) is 5.45. The number of aromatic nitrogens is 4. The molecule has 0 atom stereocenters. The van der Waals surface area contributed by atoms with Gasteiger partial charge in [0.05, 0.1) is 41.3 Å². The fourth-order valence-electron chi connectivity index (χ4n) is 2.53. The van der Waals surface area contributed by atoms with E-state index in [0.29, 0.717) is 11.4 Å². The first-order chi connectivity index (χ1) is 10.6. The van der Waals surface area contributed by atoms with Gasteiger partial charge in [0.1, 0.15) is 5.82 Å². The van der Waals surface area contributed by atoms with Gasteiger partial charge >= 0.3 is 0 Å². The molecule has 0 spiro atoms. The zero-order chi connectivity index (χ0) is 15.7. The Morgan fingerprint density at radius 3 is 2.82 bits per heavy atom. The minimum atomic E-state index is -0.223. The topological polar surface area (TPSA) is 76.5 Å². The van der Waals surface area contributed by atoms with E-state index in [-0.39, 0.29) is 18.5 Å². The van der Waals surface area contributed by atoms with Crippen LogP contribution in [0.4, 0.5) is 0 Å². The first-order valence-corrected chi connectivity index (χ1v) is 6.99. The van der Waals surface area contributed by atoms with Crippen LogP contribution < -0.4 is 5.56 Å². The third-order valence-electron chi connectivity index (χ3n) is 3.56. The van der Waals surface area contributed by atoms with E-state index in [9.17, 15) is 4.79 Å². The Labute approximate surface area is 127 Å². The molecule has 6 heteroatoms. The number of nitrogens with zero attached hydrogens (tertiary/aromatic N) is 5. The summed E-state index contributed by atoms with van der Waals surface area (Å²) in [6.45, 7) is 2.11. The number of fused-ring (bicyclic) bond motifs is 1. The molecule has 1 aromatic carbocycles. The van der Waals surface area contributed by atoms with Crippen LogP contribution in [0.5, 0.6) is 0 Å². The van der Waals surface area contributed by atoms with Gasteiger partial charge in [0, 0.05) is 7.05 Å². The van der Waals surface area contributed by atoms with E-state index >= 15 is 0 Å². The molecule has 0 radical (unpaired) electrons. The first kappa shape index (κ1) is 14.0. The van der Waals surface area contributed by atoms with Crippen molar-refractivity contribution in [3.05, 3.63) is 46.4 Å². The van der Waals surface area contributed by atoms with Crippen molar-refractivity contribution in [1.29, 1.82) is 5.26 Å². The fourth-order valence-corrected chi connectivity index (χ4v) is 2.53. The third-order valence-corrected chi connectivity index (χ3v) is 3.56. The standard InChI is InChI=1S/C16H15N5O/c1-11-10-12(16(22)21(19-11)9-5-8-17)15-18-13-6-3-4-7-14(13)20(15)2/h3-4,6-7,10H,5,9H2,1-2H3. The van der Waals surface area contributed by atoms with Gasteiger partial charge in [0.25, 0.3) is 5.56 Å². The lowest BCUT2D eigenvalue weighted by Gasteiger charge is -2.07. The van der Waals surface area contributed by atoms with E-state index in [0.717, 1.165) is 16.7 Å². The average molecular weight is 293 g/mol. The highest BCUT2D eigenvalue weighted by atomic mass is 16.1. The molecule has 0 fully saturated rings. The van der Waals surface area contributed by atoms with Gasteiger partial charge in [-0.05, 0) is 25.1 Å². The summed E-state index contributed by atoms with van der Waals surface area (Å²) >= 11 is 0. The summed E-state index contributed by atoms with van der Waals surface area (Å²) in [7, 11) is 1.89. The zero-order valence-corrected chi connectivity index (χ0v) is 12.4. The number of rotatable bonds is 3.